The van der Waals surface area contributed by atoms with E-state index < -0.39 is 23.6 Å². The molecule has 1 saturated carbocycles. The van der Waals surface area contributed by atoms with Crippen molar-refractivity contribution < 1.29 is 23.8 Å². The maximum absolute atomic E-state index is 12.5. The number of hydrogen-bond acceptors (Lipinski definition) is 5. The largest absolute Gasteiger partial charge is 0.481 e. The van der Waals surface area contributed by atoms with Crippen LogP contribution in [-0.4, -0.2) is 22.2 Å². The molecule has 1 aliphatic carbocycles. The number of rotatable bonds is 7. The molecule has 182 valence electrons. The highest BCUT2D eigenvalue weighted by atomic mass is 16.6. The van der Waals surface area contributed by atoms with Crippen molar-refractivity contribution in [3.63, 3.8) is 0 Å². The number of carboxylic acid groups (broad SMARTS) is 1. The van der Waals surface area contributed by atoms with E-state index in [1.165, 1.54) is 0 Å². The van der Waals surface area contributed by atoms with E-state index in [-0.39, 0.29) is 5.88 Å². The third kappa shape index (κ3) is 4.60. The Morgan fingerprint density at radius 2 is 1.53 bits per heavy atom. The molecule has 1 heterocycles. The first-order valence-corrected chi connectivity index (χ1v) is 11.8. The monoisotopic (exact) mass is 482 g/mol. The van der Waals surface area contributed by atoms with Gasteiger partial charge in [-0.15, -0.1) is 0 Å². The van der Waals surface area contributed by atoms with Gasteiger partial charge in [0.05, 0.1) is 5.41 Å². The molecular weight excluding hydrogens is 456 g/mol. The van der Waals surface area contributed by atoms with Crippen LogP contribution in [0.5, 0.6) is 0 Å². The van der Waals surface area contributed by atoms with Gasteiger partial charge >= 0.3 is 12.1 Å². The number of ether oxygens (including phenoxy) is 1. The second kappa shape index (κ2) is 9.34. The van der Waals surface area contributed by atoms with Gasteiger partial charge in [0.2, 0.25) is 5.88 Å². The van der Waals surface area contributed by atoms with Crippen LogP contribution in [0, 0.1) is 6.92 Å². The number of nitrogens with zero attached hydrogens (tertiary/aromatic N) is 1. The predicted molar refractivity (Wildman–Crippen MR) is 136 cm³/mol. The van der Waals surface area contributed by atoms with Crippen LogP contribution >= 0.6 is 0 Å². The first-order chi connectivity index (χ1) is 17.4. The number of carbonyl (C=O) groups is 2. The van der Waals surface area contributed by atoms with E-state index in [2.05, 4.69) is 10.3 Å². The zero-order chi connectivity index (χ0) is 25.3. The molecule has 5 rings (SSSR count). The summed E-state index contributed by atoms with van der Waals surface area (Å²) < 4.78 is 11.1. The average molecular weight is 483 g/mol. The Bertz CT molecular complexity index is 1390. The second-order valence-corrected chi connectivity index (χ2v) is 9.04. The number of aromatic nitrogens is 1. The molecule has 0 unspecified atom stereocenters. The van der Waals surface area contributed by atoms with Crippen molar-refractivity contribution in [3.05, 3.63) is 95.9 Å². The van der Waals surface area contributed by atoms with E-state index in [1.807, 2.05) is 78.9 Å². The number of oxazole rings is 1. The maximum Gasteiger partial charge on any atom is 0.414 e. The van der Waals surface area contributed by atoms with Crippen LogP contribution in [0.2, 0.25) is 0 Å². The van der Waals surface area contributed by atoms with Crippen LogP contribution in [0.25, 0.3) is 22.4 Å². The maximum atomic E-state index is 12.5. The Hall–Kier alpha value is -4.39. The number of benzene rings is 3. The van der Waals surface area contributed by atoms with Gasteiger partial charge in [-0.2, -0.15) is 0 Å². The molecule has 1 amide bonds. The summed E-state index contributed by atoms with van der Waals surface area (Å²) in [6.07, 6.45) is 0.315. The Kier molecular flexibility index (Phi) is 6.06. The summed E-state index contributed by atoms with van der Waals surface area (Å²) in [5.74, 6) is -0.118. The van der Waals surface area contributed by atoms with E-state index in [0.717, 1.165) is 27.8 Å². The summed E-state index contributed by atoms with van der Waals surface area (Å²) in [5.41, 5.74) is 4.28. The number of carboxylic acids is 1. The van der Waals surface area contributed by atoms with Gasteiger partial charge in [0.15, 0.2) is 5.89 Å². The molecule has 0 spiro atoms. The first-order valence-electron chi connectivity index (χ1n) is 11.8. The fraction of sp³-hybridized carbons (Fsp3) is 0.207. The number of carbonyl (C=O) groups excluding carboxylic acids is 1. The van der Waals surface area contributed by atoms with Crippen molar-refractivity contribution in [2.24, 2.45) is 0 Å². The quantitative estimate of drug-likeness (QED) is 0.302. The lowest BCUT2D eigenvalue weighted by Gasteiger charge is -2.13. The summed E-state index contributed by atoms with van der Waals surface area (Å²) in [7, 11) is 0. The lowest BCUT2D eigenvalue weighted by Crippen LogP contribution is -2.19. The number of anilines is 1. The van der Waals surface area contributed by atoms with Gasteiger partial charge in [0.1, 0.15) is 11.8 Å². The van der Waals surface area contributed by atoms with Crippen molar-refractivity contribution in [2.75, 3.05) is 5.32 Å². The molecule has 7 heteroatoms. The fourth-order valence-corrected chi connectivity index (χ4v) is 4.34. The standard InChI is InChI=1S/C29H26N2O5/c1-18(20-6-4-3-5-7-20)35-28(34)31-26-25(30-19(2)36-26)23-10-8-21(9-11-23)22-12-14-24(15-13-22)29(16-17-29)27(32)33/h3-15,18H,16-17H2,1-2H3,(H,31,34)(H,32,33)/t18-/m1/s1. The summed E-state index contributed by atoms with van der Waals surface area (Å²) >= 11 is 0. The minimum atomic E-state index is -0.759. The Labute approximate surface area is 208 Å². The van der Waals surface area contributed by atoms with Gasteiger partial charge in [-0.3, -0.25) is 10.1 Å². The highest BCUT2D eigenvalue weighted by Crippen LogP contribution is 2.48. The number of hydrogen-bond donors (Lipinski definition) is 2. The van der Waals surface area contributed by atoms with Crippen molar-refractivity contribution in [2.45, 2.75) is 38.2 Å². The summed E-state index contributed by atoms with van der Waals surface area (Å²) in [5, 5.41) is 12.2. The van der Waals surface area contributed by atoms with Crippen LogP contribution < -0.4 is 5.32 Å². The van der Waals surface area contributed by atoms with Crippen molar-refractivity contribution >= 4 is 17.9 Å². The molecule has 4 aromatic rings. The number of nitrogens with one attached hydrogen (secondary N) is 1. The highest BCUT2D eigenvalue weighted by molar-refractivity contribution is 5.88. The molecule has 2 N–H and O–H groups in total. The third-order valence-electron chi connectivity index (χ3n) is 6.59. The smallest absolute Gasteiger partial charge is 0.414 e. The van der Waals surface area contributed by atoms with Gasteiger partial charge in [-0.1, -0.05) is 78.9 Å². The minimum absolute atomic E-state index is 0.221. The highest BCUT2D eigenvalue weighted by Gasteiger charge is 2.51. The molecule has 36 heavy (non-hydrogen) atoms. The minimum Gasteiger partial charge on any atom is -0.481 e. The Balaban J connectivity index is 1.30. The summed E-state index contributed by atoms with van der Waals surface area (Å²) in [4.78, 5) is 28.5. The Morgan fingerprint density at radius 1 is 0.944 bits per heavy atom. The van der Waals surface area contributed by atoms with E-state index in [1.54, 1.807) is 13.8 Å². The van der Waals surface area contributed by atoms with Gasteiger partial charge in [0, 0.05) is 12.5 Å². The van der Waals surface area contributed by atoms with Gasteiger partial charge in [0.25, 0.3) is 0 Å². The number of aliphatic carboxylic acids is 1. The van der Waals surface area contributed by atoms with Crippen LogP contribution in [-0.2, 0) is 14.9 Å². The molecule has 3 aromatic carbocycles. The molecule has 1 aliphatic rings. The molecule has 0 bridgehead atoms. The van der Waals surface area contributed by atoms with E-state index in [0.29, 0.717) is 24.4 Å². The molecule has 1 atom stereocenters. The summed E-state index contributed by atoms with van der Waals surface area (Å²) in [6, 6.07) is 24.9. The number of aryl methyl sites for hydroxylation is 1. The summed E-state index contributed by atoms with van der Waals surface area (Å²) in [6.45, 7) is 3.52. The fourth-order valence-electron chi connectivity index (χ4n) is 4.34. The topological polar surface area (TPSA) is 102 Å². The van der Waals surface area contributed by atoms with E-state index in [9.17, 15) is 14.7 Å². The Morgan fingerprint density at radius 3 is 2.11 bits per heavy atom. The van der Waals surface area contributed by atoms with E-state index >= 15 is 0 Å². The van der Waals surface area contributed by atoms with E-state index in [4.69, 9.17) is 9.15 Å². The average Bonchev–Trinajstić information content (AvgIpc) is 3.63. The van der Waals surface area contributed by atoms with Crippen LogP contribution in [0.15, 0.2) is 83.3 Å². The van der Waals surface area contributed by atoms with Gasteiger partial charge in [-0.05, 0) is 42.0 Å². The third-order valence-corrected chi connectivity index (χ3v) is 6.59. The molecule has 0 saturated heterocycles. The molecule has 1 aromatic heterocycles. The molecule has 0 radical (unpaired) electrons. The molecular formula is C29H26N2O5. The zero-order valence-electron chi connectivity index (χ0n) is 20.0. The molecule has 0 aliphatic heterocycles. The van der Waals surface area contributed by atoms with Crippen molar-refractivity contribution in [1.29, 1.82) is 0 Å². The zero-order valence-corrected chi connectivity index (χ0v) is 20.0. The first kappa shape index (κ1) is 23.4. The SMILES string of the molecule is Cc1nc(-c2ccc(-c3ccc(C4(C(=O)O)CC4)cc3)cc2)c(NC(=O)O[C@H](C)c2ccccc2)o1. The molecule has 7 nitrogen and oxygen atoms in total. The lowest BCUT2D eigenvalue weighted by atomic mass is 9.93. The predicted octanol–water partition coefficient (Wildman–Crippen LogP) is 6.74. The van der Waals surface area contributed by atoms with Crippen LogP contribution in [0.3, 0.4) is 0 Å². The van der Waals surface area contributed by atoms with Crippen LogP contribution in [0.4, 0.5) is 10.7 Å². The van der Waals surface area contributed by atoms with Gasteiger partial charge < -0.3 is 14.3 Å². The van der Waals surface area contributed by atoms with Crippen LogP contribution in [0.1, 0.15) is 42.9 Å². The number of amides is 1. The lowest BCUT2D eigenvalue weighted by molar-refractivity contribution is -0.140. The van der Waals surface area contributed by atoms with Crippen molar-refractivity contribution in [1.82, 2.24) is 4.98 Å². The second-order valence-electron chi connectivity index (χ2n) is 9.04. The molecule has 1 fully saturated rings. The normalized spacial score (nSPS) is 14.6. The van der Waals surface area contributed by atoms with Gasteiger partial charge in [-0.25, -0.2) is 9.78 Å². The van der Waals surface area contributed by atoms with Crippen molar-refractivity contribution in [3.8, 4) is 22.4 Å².